The molecular formula is C17H15F3N4O3. The number of anilines is 3. The number of halogens is 3. The lowest BCUT2D eigenvalue weighted by Crippen LogP contribution is -2.40. The van der Waals surface area contributed by atoms with Gasteiger partial charge in [-0.05, 0) is 30.7 Å². The molecule has 0 radical (unpaired) electrons. The molecule has 1 heterocycles. The minimum Gasteiger partial charge on any atom is -0.370 e. The van der Waals surface area contributed by atoms with Gasteiger partial charge in [0, 0.05) is 24.8 Å². The van der Waals surface area contributed by atoms with Gasteiger partial charge in [-0.3, -0.25) is 9.59 Å². The number of aromatic nitrogens is 2. The lowest BCUT2D eigenvalue weighted by Gasteiger charge is -2.23. The Balaban J connectivity index is 1.80. The van der Waals surface area contributed by atoms with Gasteiger partial charge in [0.25, 0.3) is 10.9 Å². The highest BCUT2D eigenvalue weighted by atomic mass is 19.4. The second kappa shape index (κ2) is 6.86. The van der Waals surface area contributed by atoms with Crippen molar-refractivity contribution in [2.75, 3.05) is 23.8 Å². The first kappa shape index (κ1) is 18.6. The van der Waals surface area contributed by atoms with E-state index in [0.717, 1.165) is 6.42 Å². The summed E-state index contributed by atoms with van der Waals surface area (Å²) in [6, 6.07) is 6.04. The van der Waals surface area contributed by atoms with Gasteiger partial charge in [0.15, 0.2) is 0 Å². The third-order valence-corrected chi connectivity index (χ3v) is 3.91. The Morgan fingerprint density at radius 1 is 1.15 bits per heavy atom. The van der Waals surface area contributed by atoms with Crippen LogP contribution in [0.1, 0.15) is 19.2 Å². The summed E-state index contributed by atoms with van der Waals surface area (Å²) in [7, 11) is 1.72. The van der Waals surface area contributed by atoms with Crippen molar-refractivity contribution in [3.63, 3.8) is 0 Å². The molecule has 10 heteroatoms. The van der Waals surface area contributed by atoms with Gasteiger partial charge in [-0.1, -0.05) is 12.1 Å². The van der Waals surface area contributed by atoms with Crippen molar-refractivity contribution in [3.8, 4) is 11.4 Å². The Morgan fingerprint density at radius 3 is 2.37 bits per heavy atom. The van der Waals surface area contributed by atoms with Crippen molar-refractivity contribution in [3.05, 3.63) is 50.6 Å². The van der Waals surface area contributed by atoms with E-state index in [4.69, 9.17) is 0 Å². The van der Waals surface area contributed by atoms with Crippen LogP contribution in [0.4, 0.5) is 30.2 Å². The molecule has 0 amide bonds. The average molecular weight is 380 g/mol. The van der Waals surface area contributed by atoms with E-state index in [-0.39, 0.29) is 11.5 Å². The van der Waals surface area contributed by atoms with E-state index in [1.165, 1.54) is 12.1 Å². The molecule has 0 atom stereocenters. The van der Waals surface area contributed by atoms with Gasteiger partial charge >= 0.3 is 12.1 Å². The summed E-state index contributed by atoms with van der Waals surface area (Å²) >= 11 is 0. The van der Waals surface area contributed by atoms with Crippen LogP contribution in [0, 0.1) is 0 Å². The van der Waals surface area contributed by atoms with Crippen LogP contribution >= 0.6 is 0 Å². The van der Waals surface area contributed by atoms with E-state index in [1.54, 1.807) is 24.1 Å². The number of rotatable bonds is 6. The smallest absolute Gasteiger partial charge is 0.370 e. The minimum atomic E-state index is -4.71. The maximum absolute atomic E-state index is 12.5. The first-order valence-electron chi connectivity index (χ1n) is 8.05. The molecule has 27 heavy (non-hydrogen) atoms. The van der Waals surface area contributed by atoms with Crippen LogP contribution in [0.15, 0.2) is 38.4 Å². The Morgan fingerprint density at radius 2 is 1.81 bits per heavy atom. The normalized spacial score (nSPS) is 11.7. The third-order valence-electron chi connectivity index (χ3n) is 3.91. The number of alkyl halides is 3. The maximum atomic E-state index is 12.5. The summed E-state index contributed by atoms with van der Waals surface area (Å²) in [4.78, 5) is 28.6. The molecule has 1 aromatic heterocycles. The molecular weight excluding hydrogens is 365 g/mol. The van der Waals surface area contributed by atoms with Gasteiger partial charge in [-0.15, -0.1) is 0 Å². The molecule has 3 rings (SSSR count). The van der Waals surface area contributed by atoms with E-state index in [0.29, 0.717) is 23.5 Å². The summed E-state index contributed by atoms with van der Waals surface area (Å²) in [6.45, 7) is 2.58. The van der Waals surface area contributed by atoms with Gasteiger partial charge < -0.3 is 14.7 Å². The van der Waals surface area contributed by atoms with Crippen molar-refractivity contribution < 1.29 is 17.7 Å². The Kier molecular flexibility index (Phi) is 4.73. The number of benzene rings is 1. The SMILES string of the molecule is CCCN(C)c1c(Nc2ccc(-c3noc(C(F)(F)F)n3)cc2)c(=O)c1=O. The first-order valence-corrected chi connectivity index (χ1v) is 8.05. The van der Waals surface area contributed by atoms with Crippen molar-refractivity contribution >= 4 is 17.1 Å². The maximum Gasteiger partial charge on any atom is 0.471 e. The zero-order chi connectivity index (χ0) is 19.8. The van der Waals surface area contributed by atoms with Crippen LogP contribution in [0.5, 0.6) is 0 Å². The topological polar surface area (TPSA) is 88.3 Å². The second-order valence-electron chi connectivity index (χ2n) is 5.93. The second-order valence-corrected chi connectivity index (χ2v) is 5.93. The summed E-state index contributed by atoms with van der Waals surface area (Å²) in [5.41, 5.74) is 0.174. The zero-order valence-electron chi connectivity index (χ0n) is 14.4. The standard InChI is InChI=1S/C17H15F3N4O3/c1-3-8-24(2)12-11(13(25)14(12)26)21-10-6-4-9(5-7-10)15-22-16(27-23-15)17(18,19)20/h4-7,21H,3,8H2,1-2H3. The number of nitrogens with one attached hydrogen (secondary N) is 1. The van der Waals surface area contributed by atoms with E-state index < -0.39 is 22.9 Å². The quantitative estimate of drug-likeness (QED) is 0.658. The highest BCUT2D eigenvalue weighted by Crippen LogP contribution is 2.30. The molecule has 142 valence electrons. The summed E-state index contributed by atoms with van der Waals surface area (Å²) in [5, 5.41) is 6.19. The molecule has 2 aromatic carbocycles. The Labute approximate surface area is 151 Å². The first-order chi connectivity index (χ1) is 12.7. The van der Waals surface area contributed by atoms with E-state index in [2.05, 4.69) is 20.0 Å². The van der Waals surface area contributed by atoms with Crippen molar-refractivity contribution in [2.24, 2.45) is 0 Å². The van der Waals surface area contributed by atoms with E-state index in [9.17, 15) is 22.8 Å². The molecule has 3 aromatic rings. The Hall–Kier alpha value is -3.17. The predicted octanol–water partition coefficient (Wildman–Crippen LogP) is 2.94. The highest BCUT2D eigenvalue weighted by Gasteiger charge is 2.38. The van der Waals surface area contributed by atoms with Gasteiger partial charge in [-0.25, -0.2) is 0 Å². The van der Waals surface area contributed by atoms with Crippen molar-refractivity contribution in [2.45, 2.75) is 19.5 Å². The molecule has 0 saturated heterocycles. The molecule has 1 N–H and O–H groups in total. The zero-order valence-corrected chi connectivity index (χ0v) is 14.4. The van der Waals surface area contributed by atoms with Crippen molar-refractivity contribution in [1.82, 2.24) is 10.1 Å². The minimum absolute atomic E-state index is 0.197. The fraction of sp³-hybridized carbons (Fsp3) is 0.294. The fourth-order valence-electron chi connectivity index (χ4n) is 2.61. The molecule has 0 spiro atoms. The lowest BCUT2D eigenvalue weighted by atomic mass is 10.1. The van der Waals surface area contributed by atoms with Crippen LogP contribution in [0.3, 0.4) is 0 Å². The molecule has 0 aliphatic heterocycles. The molecule has 0 fully saturated rings. The van der Waals surface area contributed by atoms with Crippen LogP contribution in [-0.2, 0) is 6.18 Å². The van der Waals surface area contributed by atoms with Crippen molar-refractivity contribution in [1.29, 1.82) is 0 Å². The van der Waals surface area contributed by atoms with Crippen LogP contribution in [0.2, 0.25) is 0 Å². The Bertz CT molecular complexity index is 1020. The molecule has 0 saturated carbocycles. The summed E-state index contributed by atoms with van der Waals surface area (Å²) in [5.74, 6) is -1.63. The number of hydrogen-bond donors (Lipinski definition) is 1. The number of nitrogens with zero attached hydrogens (tertiary/aromatic N) is 3. The molecule has 0 unspecified atom stereocenters. The van der Waals surface area contributed by atoms with Crippen LogP contribution in [0.25, 0.3) is 11.4 Å². The monoisotopic (exact) mass is 380 g/mol. The highest BCUT2D eigenvalue weighted by molar-refractivity contribution is 5.79. The average Bonchev–Trinajstić information content (AvgIpc) is 3.12. The van der Waals surface area contributed by atoms with E-state index >= 15 is 0 Å². The molecule has 0 aliphatic carbocycles. The lowest BCUT2D eigenvalue weighted by molar-refractivity contribution is -0.159. The van der Waals surface area contributed by atoms with Gasteiger partial charge in [0.1, 0.15) is 11.4 Å². The molecule has 0 bridgehead atoms. The number of hydrogen-bond acceptors (Lipinski definition) is 7. The fourth-order valence-corrected chi connectivity index (χ4v) is 2.61. The van der Waals surface area contributed by atoms with Gasteiger partial charge in [0.2, 0.25) is 5.82 Å². The summed E-state index contributed by atoms with van der Waals surface area (Å²) in [6.07, 6.45) is -3.90. The summed E-state index contributed by atoms with van der Waals surface area (Å²) < 4.78 is 41.8. The predicted molar refractivity (Wildman–Crippen MR) is 92.9 cm³/mol. The largest absolute Gasteiger partial charge is 0.471 e. The van der Waals surface area contributed by atoms with Gasteiger partial charge in [-0.2, -0.15) is 18.2 Å². The van der Waals surface area contributed by atoms with Crippen LogP contribution < -0.4 is 21.1 Å². The third kappa shape index (κ3) is 3.55. The molecule has 7 nitrogen and oxygen atoms in total. The van der Waals surface area contributed by atoms with Gasteiger partial charge in [0.05, 0.1) is 0 Å². The van der Waals surface area contributed by atoms with E-state index in [1.807, 2.05) is 6.92 Å². The van der Waals surface area contributed by atoms with Crippen LogP contribution in [-0.4, -0.2) is 23.7 Å². The molecule has 0 aliphatic rings.